The summed E-state index contributed by atoms with van der Waals surface area (Å²) in [6, 6.07) is 10.6. The number of anilines is 3. The van der Waals surface area contributed by atoms with Crippen molar-refractivity contribution in [3.05, 3.63) is 48.0 Å². The molecule has 1 aliphatic rings. The molecule has 1 saturated heterocycles. The summed E-state index contributed by atoms with van der Waals surface area (Å²) in [5.41, 5.74) is 3.16. The van der Waals surface area contributed by atoms with Crippen LogP contribution in [-0.2, 0) is 19.6 Å². The van der Waals surface area contributed by atoms with Crippen LogP contribution < -0.4 is 20.3 Å². The van der Waals surface area contributed by atoms with E-state index in [0.29, 0.717) is 11.4 Å². The molecular weight excluding hydrogens is 454 g/mol. The molecule has 0 aliphatic carbocycles. The average molecular weight is 488 g/mol. The van der Waals surface area contributed by atoms with Crippen LogP contribution in [0.1, 0.15) is 26.3 Å². The zero-order chi connectivity index (χ0) is 24.9. The number of rotatable bonds is 8. The van der Waals surface area contributed by atoms with Crippen molar-refractivity contribution < 1.29 is 18.0 Å². The largest absolute Gasteiger partial charge is 0.369 e. The van der Waals surface area contributed by atoms with Crippen LogP contribution >= 0.6 is 0 Å². The third-order valence-electron chi connectivity index (χ3n) is 5.86. The minimum Gasteiger partial charge on any atom is -0.369 e. The lowest BCUT2D eigenvalue weighted by Crippen LogP contribution is -2.46. The lowest BCUT2D eigenvalue weighted by Gasteiger charge is -2.35. The van der Waals surface area contributed by atoms with Crippen LogP contribution in [0.15, 0.2) is 47.4 Å². The molecule has 0 aromatic heterocycles. The van der Waals surface area contributed by atoms with Crippen molar-refractivity contribution in [3.8, 4) is 0 Å². The van der Waals surface area contributed by atoms with Gasteiger partial charge >= 0.3 is 0 Å². The minimum atomic E-state index is -3.91. The van der Waals surface area contributed by atoms with Crippen molar-refractivity contribution in [2.75, 3.05) is 48.3 Å². The highest BCUT2D eigenvalue weighted by Gasteiger charge is 2.23. The first-order valence-corrected chi connectivity index (χ1v) is 12.9. The van der Waals surface area contributed by atoms with Crippen molar-refractivity contribution in [1.82, 2.24) is 9.62 Å². The molecule has 34 heavy (non-hydrogen) atoms. The fourth-order valence-corrected chi connectivity index (χ4v) is 5.03. The second-order valence-electron chi connectivity index (χ2n) is 8.46. The Bertz CT molecular complexity index is 1130. The molecule has 2 aromatic rings. The van der Waals surface area contributed by atoms with E-state index in [-0.39, 0.29) is 10.8 Å². The van der Waals surface area contributed by atoms with Crippen LogP contribution in [0.3, 0.4) is 0 Å². The predicted octanol–water partition coefficient (Wildman–Crippen LogP) is 2.40. The first kappa shape index (κ1) is 25.7. The molecule has 10 heteroatoms. The number of hydrogen-bond acceptors (Lipinski definition) is 6. The molecule has 184 valence electrons. The zero-order valence-corrected chi connectivity index (χ0v) is 20.9. The summed E-state index contributed by atoms with van der Waals surface area (Å²) < 4.78 is 27.8. The van der Waals surface area contributed by atoms with Gasteiger partial charge in [-0.15, -0.1) is 0 Å². The average Bonchev–Trinajstić information content (AvgIpc) is 2.80. The number of aryl methyl sites for hydroxylation is 1. The molecule has 1 atom stereocenters. The predicted molar refractivity (Wildman–Crippen MR) is 135 cm³/mol. The van der Waals surface area contributed by atoms with Crippen LogP contribution in [0.2, 0.25) is 0 Å². The maximum absolute atomic E-state index is 12.7. The van der Waals surface area contributed by atoms with E-state index in [4.69, 9.17) is 0 Å². The molecule has 3 N–H and O–H groups in total. The fourth-order valence-electron chi connectivity index (χ4n) is 3.82. The highest BCUT2D eigenvalue weighted by Crippen LogP contribution is 2.24. The summed E-state index contributed by atoms with van der Waals surface area (Å²) >= 11 is 0. The molecule has 9 nitrogen and oxygen atoms in total. The van der Waals surface area contributed by atoms with Gasteiger partial charge in [-0.3, -0.25) is 9.59 Å². The van der Waals surface area contributed by atoms with Gasteiger partial charge in [-0.1, -0.05) is 6.92 Å². The van der Waals surface area contributed by atoms with Gasteiger partial charge in [0.1, 0.15) is 0 Å². The number of carbonyl (C=O) groups excluding carboxylic acids is 2. The summed E-state index contributed by atoms with van der Waals surface area (Å²) in [5, 5.41) is 5.40. The maximum Gasteiger partial charge on any atom is 0.242 e. The van der Waals surface area contributed by atoms with Crippen molar-refractivity contribution in [3.63, 3.8) is 0 Å². The van der Waals surface area contributed by atoms with Crippen LogP contribution in [0.25, 0.3) is 0 Å². The fraction of sp³-hybridized carbons (Fsp3) is 0.417. The summed E-state index contributed by atoms with van der Waals surface area (Å²) in [6.07, 6.45) is 0. The van der Waals surface area contributed by atoms with Gasteiger partial charge in [0.2, 0.25) is 21.8 Å². The minimum absolute atomic E-state index is 0.00459. The van der Waals surface area contributed by atoms with Crippen LogP contribution in [0.5, 0.6) is 0 Å². The van der Waals surface area contributed by atoms with Gasteiger partial charge < -0.3 is 20.4 Å². The Morgan fingerprint density at radius 3 is 2.21 bits per heavy atom. The lowest BCUT2D eigenvalue weighted by atomic mass is 10.1. The lowest BCUT2D eigenvalue weighted by molar-refractivity contribution is -0.117. The number of carbonyl (C=O) groups is 2. The Labute approximate surface area is 201 Å². The number of benzene rings is 2. The molecule has 0 spiro atoms. The maximum atomic E-state index is 12.7. The van der Waals surface area contributed by atoms with Crippen molar-refractivity contribution in [1.29, 1.82) is 0 Å². The topological polar surface area (TPSA) is 111 Å². The van der Waals surface area contributed by atoms with E-state index in [0.717, 1.165) is 44.0 Å². The van der Waals surface area contributed by atoms with Gasteiger partial charge in [0.05, 0.1) is 10.9 Å². The van der Waals surface area contributed by atoms with Gasteiger partial charge in [0, 0.05) is 50.2 Å². The molecule has 0 bridgehead atoms. The van der Waals surface area contributed by atoms with E-state index in [1.807, 2.05) is 25.1 Å². The summed E-state index contributed by atoms with van der Waals surface area (Å²) in [7, 11) is -3.91. The summed E-state index contributed by atoms with van der Waals surface area (Å²) in [6.45, 7) is 12.0. The Kier molecular flexibility index (Phi) is 8.29. The number of nitrogens with one attached hydrogen (secondary N) is 3. The SMILES string of the molecule is CCN1CCN(c2ccc(NC(=O)[C@H](C)NS(=O)(=O)c3ccc(NC(C)=O)cc3)c(C)c2)CC1. The van der Waals surface area contributed by atoms with E-state index in [1.54, 1.807) is 0 Å². The Morgan fingerprint density at radius 1 is 1.00 bits per heavy atom. The monoisotopic (exact) mass is 487 g/mol. The highest BCUT2D eigenvalue weighted by molar-refractivity contribution is 7.89. The van der Waals surface area contributed by atoms with Gasteiger partial charge in [0.15, 0.2) is 0 Å². The van der Waals surface area contributed by atoms with E-state index in [1.165, 1.54) is 38.1 Å². The Morgan fingerprint density at radius 2 is 1.65 bits per heavy atom. The van der Waals surface area contributed by atoms with Crippen LogP contribution in [-0.4, -0.2) is 63.9 Å². The molecule has 0 saturated carbocycles. The van der Waals surface area contributed by atoms with E-state index >= 15 is 0 Å². The Hall–Kier alpha value is -2.95. The van der Waals surface area contributed by atoms with Gasteiger partial charge in [-0.25, -0.2) is 8.42 Å². The Balaban J connectivity index is 1.61. The van der Waals surface area contributed by atoms with E-state index in [2.05, 4.69) is 32.1 Å². The highest BCUT2D eigenvalue weighted by atomic mass is 32.2. The smallest absolute Gasteiger partial charge is 0.242 e. The van der Waals surface area contributed by atoms with Crippen molar-refractivity contribution in [2.24, 2.45) is 0 Å². The van der Waals surface area contributed by atoms with Crippen LogP contribution in [0, 0.1) is 6.92 Å². The van der Waals surface area contributed by atoms with Gasteiger partial charge in [-0.2, -0.15) is 4.72 Å². The molecule has 3 rings (SSSR count). The van der Waals surface area contributed by atoms with E-state index < -0.39 is 22.0 Å². The zero-order valence-electron chi connectivity index (χ0n) is 20.1. The van der Waals surface area contributed by atoms with Crippen LogP contribution in [0.4, 0.5) is 17.1 Å². The molecule has 2 amide bonds. The van der Waals surface area contributed by atoms with Gasteiger partial charge in [-0.05, 0) is 68.4 Å². The molecule has 2 aromatic carbocycles. The number of likely N-dealkylation sites (N-methyl/N-ethyl adjacent to an activating group) is 1. The third kappa shape index (κ3) is 6.55. The molecule has 0 radical (unpaired) electrons. The molecule has 1 heterocycles. The summed E-state index contributed by atoms with van der Waals surface area (Å²) in [4.78, 5) is 28.6. The third-order valence-corrected chi connectivity index (χ3v) is 7.42. The van der Waals surface area contributed by atoms with Crippen molar-refractivity contribution in [2.45, 2.75) is 38.6 Å². The number of sulfonamides is 1. The number of hydrogen-bond donors (Lipinski definition) is 3. The molecule has 1 aliphatic heterocycles. The molecule has 0 unspecified atom stereocenters. The second-order valence-corrected chi connectivity index (χ2v) is 10.2. The number of nitrogens with zero attached hydrogens (tertiary/aromatic N) is 2. The second kappa shape index (κ2) is 11.0. The molecule has 1 fully saturated rings. The number of piperazine rings is 1. The standard InChI is InChI=1S/C24H33N5O4S/c1-5-28-12-14-29(15-13-28)21-8-11-23(17(2)16-21)26-24(31)18(3)27-34(32,33)22-9-6-20(7-10-22)25-19(4)30/h6-11,16,18,27H,5,12-15H2,1-4H3,(H,25,30)(H,26,31)/t18-/m0/s1. The summed E-state index contributed by atoms with van der Waals surface area (Å²) in [5.74, 6) is -0.702. The van der Waals surface area contributed by atoms with Gasteiger partial charge in [0.25, 0.3) is 0 Å². The first-order chi connectivity index (χ1) is 16.1. The normalized spacial score (nSPS) is 15.6. The van der Waals surface area contributed by atoms with E-state index in [9.17, 15) is 18.0 Å². The first-order valence-electron chi connectivity index (χ1n) is 11.4. The molecular formula is C24H33N5O4S. The van der Waals surface area contributed by atoms with Crippen molar-refractivity contribution >= 4 is 38.9 Å². The quantitative estimate of drug-likeness (QED) is 0.527. The number of amides is 2.